The van der Waals surface area contributed by atoms with Gasteiger partial charge in [0, 0.05) is 12.2 Å². The number of hydrogen-bond acceptors (Lipinski definition) is 5. The number of rotatable bonds is 6. The zero-order valence-electron chi connectivity index (χ0n) is 34.2. The van der Waals surface area contributed by atoms with Gasteiger partial charge in [-0.1, -0.05) is 83.1 Å². The molecule has 4 saturated carbocycles. The van der Waals surface area contributed by atoms with Crippen LogP contribution in [0.15, 0.2) is 0 Å². The van der Waals surface area contributed by atoms with Crippen molar-refractivity contribution in [2.24, 2.45) is 39.9 Å². The Kier molecular flexibility index (Phi) is 10.1. The van der Waals surface area contributed by atoms with Crippen molar-refractivity contribution < 1.29 is 23.2 Å². The van der Waals surface area contributed by atoms with Gasteiger partial charge in [0.15, 0.2) is 30.7 Å². The average molecular weight is 709 g/mol. The molecule has 4 aliphatic rings. The summed E-state index contributed by atoms with van der Waals surface area (Å²) in [6.45, 7) is 44.8. The maximum atomic E-state index is 14.4. The summed E-state index contributed by atoms with van der Waals surface area (Å²) in [6, 6.07) is 0. The van der Waals surface area contributed by atoms with Crippen molar-refractivity contribution in [1.82, 2.24) is 0 Å². The van der Waals surface area contributed by atoms with Crippen LogP contribution in [-0.4, -0.2) is 60.3 Å². The Bertz CT molecular complexity index is 1190. The van der Waals surface area contributed by atoms with Gasteiger partial charge in [0.1, 0.15) is 6.10 Å². The minimum Gasteiger partial charge on any atom is -0.414 e. The fourth-order valence-electron chi connectivity index (χ4n) is 10.1. The summed E-state index contributed by atoms with van der Waals surface area (Å²) in [7, 11) is -6.47. The molecule has 47 heavy (non-hydrogen) atoms. The van der Waals surface area contributed by atoms with Crippen LogP contribution in [0, 0.1) is 39.9 Å². The second-order valence-electron chi connectivity index (χ2n) is 22.2. The van der Waals surface area contributed by atoms with Gasteiger partial charge in [0.25, 0.3) is 0 Å². The normalized spacial score (nSPS) is 42.2. The highest BCUT2D eigenvalue weighted by Crippen LogP contribution is 2.73. The van der Waals surface area contributed by atoms with Crippen LogP contribution in [0.3, 0.4) is 0 Å². The van der Waals surface area contributed by atoms with Gasteiger partial charge >= 0.3 is 0 Å². The van der Waals surface area contributed by atoms with Crippen molar-refractivity contribution in [3.63, 3.8) is 0 Å². The summed E-state index contributed by atoms with van der Waals surface area (Å²) in [5.74, 6) is 1.56. The minimum atomic E-state index is -2.25. The predicted octanol–water partition coefficient (Wildman–Crippen LogP) is 10.6. The maximum Gasteiger partial charge on any atom is 0.192 e. The monoisotopic (exact) mass is 709 g/mol. The van der Waals surface area contributed by atoms with Gasteiger partial charge in [-0.3, -0.25) is 4.79 Å². The molecular formula is C39H76O5Si3. The van der Waals surface area contributed by atoms with Gasteiger partial charge in [-0.25, -0.2) is 0 Å². The fourth-order valence-corrected chi connectivity index (χ4v) is 14.2. The first kappa shape index (κ1) is 39.9. The van der Waals surface area contributed by atoms with E-state index >= 15 is 0 Å². The Labute approximate surface area is 293 Å². The number of carbonyl (C=O) groups excluding carboxylic acids is 1. The Morgan fingerprint density at radius 1 is 0.681 bits per heavy atom. The van der Waals surface area contributed by atoms with Crippen molar-refractivity contribution in [3.8, 4) is 0 Å². The van der Waals surface area contributed by atoms with Crippen LogP contribution < -0.4 is 0 Å². The standard InChI is InChI=1S/C39H76O5Si3/c1-25-20-27-26(29(21-25)42-45(14,15)34(2,3)4)22-30(43-46(16,17)35(5,6)7)32-37(27,11)24-31(44-47(18,19)36(8,9)10)39(13)33(41)28(40)23-38(32,39)12/h25-32,40H,20-24H2,1-19H3/t25-,26+,27-,28-,29-,30-,31-,32+,37+,38+,39+/m1/s1. The lowest BCUT2D eigenvalue weighted by Gasteiger charge is -2.70. The quantitative estimate of drug-likeness (QED) is 0.278. The first-order valence-corrected chi connectivity index (χ1v) is 27.8. The van der Waals surface area contributed by atoms with Gasteiger partial charge in [-0.05, 0) is 128 Å². The lowest BCUT2D eigenvalue weighted by molar-refractivity contribution is -0.242. The lowest BCUT2D eigenvalue weighted by Crippen LogP contribution is -2.71. The number of aliphatic hydroxyl groups excluding tert-OH is 1. The molecule has 0 aliphatic heterocycles. The molecule has 0 aromatic heterocycles. The fraction of sp³-hybridized carbons (Fsp3) is 0.974. The van der Waals surface area contributed by atoms with Crippen LogP contribution in [0.25, 0.3) is 0 Å². The number of carbonyl (C=O) groups is 1. The van der Waals surface area contributed by atoms with Crippen molar-refractivity contribution in [3.05, 3.63) is 0 Å². The molecule has 0 spiro atoms. The summed E-state index contributed by atoms with van der Waals surface area (Å²) in [6.07, 6.45) is 3.64. The molecule has 4 rings (SSSR count). The molecule has 274 valence electrons. The second-order valence-corrected chi connectivity index (χ2v) is 36.4. The van der Waals surface area contributed by atoms with E-state index in [0.717, 1.165) is 19.3 Å². The molecule has 4 aliphatic carbocycles. The van der Waals surface area contributed by atoms with E-state index in [1.807, 2.05) is 0 Å². The van der Waals surface area contributed by atoms with Gasteiger partial charge < -0.3 is 18.4 Å². The molecule has 8 heteroatoms. The molecule has 0 heterocycles. The molecule has 0 radical (unpaired) electrons. The number of aliphatic hydroxyl groups is 1. The third-order valence-electron chi connectivity index (χ3n) is 16.0. The number of fused-ring (bicyclic) bond motifs is 5. The van der Waals surface area contributed by atoms with E-state index in [1.165, 1.54) is 6.42 Å². The van der Waals surface area contributed by atoms with Crippen LogP contribution in [0.5, 0.6) is 0 Å². The van der Waals surface area contributed by atoms with E-state index in [9.17, 15) is 9.90 Å². The molecular weight excluding hydrogens is 633 g/mol. The Balaban J connectivity index is 1.95. The van der Waals surface area contributed by atoms with Gasteiger partial charge in [-0.2, -0.15) is 0 Å². The summed E-state index contributed by atoms with van der Waals surface area (Å²) < 4.78 is 22.6. The molecule has 0 amide bonds. The number of Topliss-reactive ketones (excluding diaryl/α,β-unsaturated/α-hetero) is 1. The van der Waals surface area contributed by atoms with Crippen LogP contribution in [0.2, 0.25) is 54.4 Å². The number of ketones is 1. The van der Waals surface area contributed by atoms with Gasteiger partial charge in [0.2, 0.25) is 0 Å². The average Bonchev–Trinajstić information content (AvgIpc) is 3.02. The highest BCUT2D eigenvalue weighted by molar-refractivity contribution is 6.75. The van der Waals surface area contributed by atoms with Gasteiger partial charge in [0.05, 0.1) is 11.5 Å². The van der Waals surface area contributed by atoms with E-state index in [1.54, 1.807) is 0 Å². The third-order valence-corrected chi connectivity index (χ3v) is 29.5. The van der Waals surface area contributed by atoms with Crippen LogP contribution in [0.4, 0.5) is 0 Å². The summed E-state index contributed by atoms with van der Waals surface area (Å²) in [4.78, 5) is 14.4. The molecule has 5 nitrogen and oxygen atoms in total. The van der Waals surface area contributed by atoms with Crippen LogP contribution in [-0.2, 0) is 18.1 Å². The van der Waals surface area contributed by atoms with Crippen molar-refractivity contribution in [1.29, 1.82) is 0 Å². The van der Waals surface area contributed by atoms with Crippen LogP contribution >= 0.6 is 0 Å². The Morgan fingerprint density at radius 3 is 1.60 bits per heavy atom. The largest absolute Gasteiger partial charge is 0.414 e. The highest BCUT2D eigenvalue weighted by atomic mass is 28.4. The summed E-state index contributed by atoms with van der Waals surface area (Å²) in [5.41, 5.74) is -1.34. The van der Waals surface area contributed by atoms with E-state index in [0.29, 0.717) is 24.2 Å². The van der Waals surface area contributed by atoms with E-state index in [-0.39, 0.29) is 50.5 Å². The van der Waals surface area contributed by atoms with E-state index in [4.69, 9.17) is 13.3 Å². The van der Waals surface area contributed by atoms with E-state index < -0.39 is 41.9 Å². The smallest absolute Gasteiger partial charge is 0.192 e. The van der Waals surface area contributed by atoms with Crippen molar-refractivity contribution >= 4 is 30.7 Å². The Hall–Kier alpha value is 0.161. The maximum absolute atomic E-state index is 14.4. The van der Waals surface area contributed by atoms with Crippen molar-refractivity contribution in [2.45, 2.75) is 201 Å². The first-order chi connectivity index (χ1) is 20.8. The molecule has 0 aromatic rings. The molecule has 11 atom stereocenters. The second kappa shape index (κ2) is 11.8. The summed E-state index contributed by atoms with van der Waals surface area (Å²) >= 11 is 0. The Morgan fingerprint density at radius 2 is 1.13 bits per heavy atom. The number of hydrogen-bond donors (Lipinski definition) is 1. The molecule has 4 fully saturated rings. The lowest BCUT2D eigenvalue weighted by atomic mass is 9.38. The topological polar surface area (TPSA) is 65.0 Å². The molecule has 0 aromatic carbocycles. The summed E-state index contributed by atoms with van der Waals surface area (Å²) in [5, 5.41) is 11.8. The molecule has 1 N–H and O–H groups in total. The predicted molar refractivity (Wildman–Crippen MR) is 204 cm³/mol. The third kappa shape index (κ3) is 6.34. The zero-order chi connectivity index (χ0) is 36.4. The molecule has 0 unspecified atom stereocenters. The van der Waals surface area contributed by atoms with Crippen LogP contribution in [0.1, 0.15) is 122 Å². The van der Waals surface area contributed by atoms with Crippen molar-refractivity contribution in [2.75, 3.05) is 0 Å². The highest BCUT2D eigenvalue weighted by Gasteiger charge is 2.76. The zero-order valence-corrected chi connectivity index (χ0v) is 37.2. The molecule has 0 saturated heterocycles. The minimum absolute atomic E-state index is 0.00453. The SMILES string of the molecule is C[C@@H]1C[C@@H]2[C@H](C[C@@H](O[Si](C)(C)C(C)(C)C)[C@H]3[C@@]2(C)C[C@@H](O[Si](C)(C)C(C)(C)C)[C@@]2(C)C(=O)[C@H](O)C[C@@]32C)[C@H](O[Si](C)(C)C(C)(C)C)C1. The van der Waals surface area contributed by atoms with E-state index in [2.05, 4.69) is 129 Å². The molecule has 0 bridgehead atoms. The van der Waals surface area contributed by atoms with Gasteiger partial charge in [-0.15, -0.1) is 0 Å². The first-order valence-electron chi connectivity index (χ1n) is 19.0.